The summed E-state index contributed by atoms with van der Waals surface area (Å²) in [6, 6.07) is 6.77. The number of fused-ring (bicyclic) bond motifs is 1. The van der Waals surface area contributed by atoms with Gasteiger partial charge in [0, 0.05) is 12.1 Å². The minimum Gasteiger partial charge on any atom is -0.479 e. The van der Waals surface area contributed by atoms with Crippen molar-refractivity contribution in [1.82, 2.24) is 10.3 Å². The Labute approximate surface area is 158 Å². The summed E-state index contributed by atoms with van der Waals surface area (Å²) >= 11 is 0. The van der Waals surface area contributed by atoms with E-state index < -0.39 is 29.2 Å². The number of hydrogen-bond donors (Lipinski definition) is 2. The van der Waals surface area contributed by atoms with Crippen molar-refractivity contribution in [1.29, 1.82) is 0 Å². The number of ether oxygens (including phenoxy) is 1. The van der Waals surface area contributed by atoms with Gasteiger partial charge in [-0.3, -0.25) is 4.79 Å². The molecule has 6 nitrogen and oxygen atoms in total. The van der Waals surface area contributed by atoms with Gasteiger partial charge >= 0.3 is 12.1 Å². The van der Waals surface area contributed by atoms with Crippen molar-refractivity contribution in [2.45, 2.75) is 31.7 Å². The van der Waals surface area contributed by atoms with Gasteiger partial charge in [0.05, 0.1) is 18.8 Å². The lowest BCUT2D eigenvalue weighted by Crippen LogP contribution is -2.49. The fourth-order valence-electron chi connectivity index (χ4n) is 2.89. The summed E-state index contributed by atoms with van der Waals surface area (Å²) < 4.78 is 43.5. The van der Waals surface area contributed by atoms with Crippen LogP contribution in [0.1, 0.15) is 39.8 Å². The number of hydrogen-bond acceptors (Lipinski definition) is 4. The molecular weight excluding hydrogens is 377 g/mol. The Bertz CT molecular complexity index is 912. The summed E-state index contributed by atoms with van der Waals surface area (Å²) in [5, 5.41) is 12.0. The molecule has 1 aliphatic rings. The molecule has 0 saturated heterocycles. The van der Waals surface area contributed by atoms with Crippen LogP contribution in [0.5, 0.6) is 0 Å². The highest BCUT2D eigenvalue weighted by Gasteiger charge is 2.38. The molecule has 0 bridgehead atoms. The highest BCUT2D eigenvalue weighted by molar-refractivity contribution is 5.96. The molecule has 2 N–H and O–H groups in total. The number of carbonyl (C=O) groups is 2. The third-order valence-corrected chi connectivity index (χ3v) is 4.62. The second-order valence-corrected chi connectivity index (χ2v) is 6.56. The minimum atomic E-state index is -4.54. The highest BCUT2D eigenvalue weighted by Crippen LogP contribution is 2.31. The molecule has 1 atom stereocenters. The molecule has 1 unspecified atom stereocenters. The Hall–Kier alpha value is -2.94. The number of nitrogens with one attached hydrogen (secondary N) is 1. The summed E-state index contributed by atoms with van der Waals surface area (Å²) in [6.45, 7) is 2.08. The van der Waals surface area contributed by atoms with E-state index in [9.17, 15) is 27.9 Å². The van der Waals surface area contributed by atoms with Crippen LogP contribution < -0.4 is 5.32 Å². The first-order valence-corrected chi connectivity index (χ1v) is 8.41. The van der Waals surface area contributed by atoms with Gasteiger partial charge in [-0.05, 0) is 36.2 Å². The van der Waals surface area contributed by atoms with Gasteiger partial charge < -0.3 is 15.2 Å². The normalized spacial score (nSPS) is 16.0. The van der Waals surface area contributed by atoms with E-state index in [0.29, 0.717) is 25.3 Å². The van der Waals surface area contributed by atoms with E-state index in [-0.39, 0.29) is 11.3 Å². The number of carboxylic acids is 1. The zero-order chi connectivity index (χ0) is 20.5. The smallest absolute Gasteiger partial charge is 0.416 e. The monoisotopic (exact) mass is 394 g/mol. The van der Waals surface area contributed by atoms with Gasteiger partial charge in [-0.15, -0.1) is 0 Å². The van der Waals surface area contributed by atoms with Crippen LogP contribution in [0, 0.1) is 0 Å². The fourth-order valence-corrected chi connectivity index (χ4v) is 2.89. The van der Waals surface area contributed by atoms with Crippen LogP contribution in [-0.2, 0) is 34.3 Å². The third-order valence-electron chi connectivity index (χ3n) is 4.62. The van der Waals surface area contributed by atoms with Crippen LogP contribution >= 0.6 is 0 Å². The number of pyridine rings is 1. The first kappa shape index (κ1) is 19.8. The summed E-state index contributed by atoms with van der Waals surface area (Å²) in [5.41, 5.74) is -1.25. The molecule has 1 amide bonds. The summed E-state index contributed by atoms with van der Waals surface area (Å²) in [5.74, 6) is -2.15. The molecule has 148 valence electrons. The number of alkyl halides is 3. The van der Waals surface area contributed by atoms with Gasteiger partial charge in [0.2, 0.25) is 0 Å². The van der Waals surface area contributed by atoms with Crippen molar-refractivity contribution in [2.24, 2.45) is 0 Å². The molecule has 2 heterocycles. The first-order chi connectivity index (χ1) is 13.1. The molecule has 1 aromatic heterocycles. The summed E-state index contributed by atoms with van der Waals surface area (Å²) in [4.78, 5) is 28.7. The molecule has 2 aromatic rings. The number of carboxylic acid groups (broad SMARTS) is 1. The second-order valence-electron chi connectivity index (χ2n) is 6.56. The maximum Gasteiger partial charge on any atom is 0.416 e. The molecule has 0 spiro atoms. The number of rotatable bonds is 4. The van der Waals surface area contributed by atoms with Gasteiger partial charge in [0.1, 0.15) is 5.69 Å². The molecule has 0 saturated carbocycles. The number of amides is 1. The minimum absolute atomic E-state index is 0.00714. The second kappa shape index (κ2) is 7.23. The number of aromatic nitrogens is 1. The van der Waals surface area contributed by atoms with Gasteiger partial charge in [0.25, 0.3) is 5.91 Å². The van der Waals surface area contributed by atoms with E-state index in [1.165, 1.54) is 13.0 Å². The van der Waals surface area contributed by atoms with Gasteiger partial charge in [-0.1, -0.05) is 18.2 Å². The van der Waals surface area contributed by atoms with E-state index in [1.807, 2.05) is 0 Å². The number of halogens is 3. The predicted molar refractivity (Wildman–Crippen MR) is 91.5 cm³/mol. The van der Waals surface area contributed by atoms with Crippen molar-refractivity contribution < 1.29 is 32.6 Å². The average molecular weight is 394 g/mol. The quantitative estimate of drug-likeness (QED) is 0.833. The Balaban J connectivity index is 1.88. The molecular formula is C19H17F3N2O4. The van der Waals surface area contributed by atoms with Crippen molar-refractivity contribution in [3.05, 3.63) is 64.5 Å². The van der Waals surface area contributed by atoms with Crippen molar-refractivity contribution in [2.75, 3.05) is 6.61 Å². The predicted octanol–water partition coefficient (Wildman–Crippen LogP) is 2.90. The number of nitrogens with zero attached hydrogens (tertiary/aromatic N) is 1. The molecule has 9 heteroatoms. The zero-order valence-corrected chi connectivity index (χ0v) is 14.8. The fraction of sp³-hybridized carbons (Fsp3) is 0.316. The van der Waals surface area contributed by atoms with E-state index in [2.05, 4.69) is 10.3 Å². The molecule has 0 fully saturated rings. The van der Waals surface area contributed by atoms with Crippen molar-refractivity contribution in [3.8, 4) is 0 Å². The Morgan fingerprint density at radius 2 is 1.75 bits per heavy atom. The number of aliphatic carboxylic acids is 1. The Morgan fingerprint density at radius 3 is 2.36 bits per heavy atom. The van der Waals surface area contributed by atoms with Crippen LogP contribution in [0.4, 0.5) is 13.2 Å². The first-order valence-electron chi connectivity index (χ1n) is 8.41. The molecule has 28 heavy (non-hydrogen) atoms. The topological polar surface area (TPSA) is 88.5 Å². The van der Waals surface area contributed by atoms with Crippen LogP contribution in [0.2, 0.25) is 0 Å². The lowest BCUT2D eigenvalue weighted by molar-refractivity contribution is -0.144. The van der Waals surface area contributed by atoms with Crippen molar-refractivity contribution >= 4 is 11.9 Å². The van der Waals surface area contributed by atoms with Gasteiger partial charge in [0.15, 0.2) is 5.54 Å². The molecule has 1 aromatic carbocycles. The lowest BCUT2D eigenvalue weighted by Gasteiger charge is -2.27. The largest absolute Gasteiger partial charge is 0.479 e. The van der Waals surface area contributed by atoms with Crippen LogP contribution in [0.3, 0.4) is 0 Å². The Morgan fingerprint density at radius 1 is 1.11 bits per heavy atom. The van der Waals surface area contributed by atoms with Crippen LogP contribution in [0.25, 0.3) is 0 Å². The zero-order valence-electron chi connectivity index (χ0n) is 14.8. The third kappa shape index (κ3) is 3.84. The van der Waals surface area contributed by atoms with E-state index in [4.69, 9.17) is 4.74 Å². The van der Waals surface area contributed by atoms with E-state index in [1.54, 1.807) is 6.07 Å². The SMILES string of the molecule is CC(NC(=O)c1ccc2c(n1)CCOC2)(C(=O)O)c1ccc(C(F)(F)F)cc1. The number of benzene rings is 1. The highest BCUT2D eigenvalue weighted by atomic mass is 19.4. The molecule has 3 rings (SSSR count). The average Bonchev–Trinajstić information content (AvgIpc) is 2.66. The molecule has 0 aliphatic carbocycles. The molecule has 1 aliphatic heterocycles. The van der Waals surface area contributed by atoms with Crippen LogP contribution in [0.15, 0.2) is 36.4 Å². The summed E-state index contributed by atoms with van der Waals surface area (Å²) in [6.07, 6.45) is -4.01. The van der Waals surface area contributed by atoms with Gasteiger partial charge in [-0.2, -0.15) is 13.2 Å². The standard InChI is InChI=1S/C19H17F3N2O4/c1-18(17(26)27,12-3-5-13(6-4-12)19(20,21)22)24-16(25)15-7-2-11-10-28-9-8-14(11)23-15/h2-7H,8-10H2,1H3,(H,24,25)(H,26,27). The maximum absolute atomic E-state index is 12.7. The van der Waals surface area contributed by atoms with E-state index >= 15 is 0 Å². The Kier molecular flexibility index (Phi) is 5.12. The lowest BCUT2D eigenvalue weighted by atomic mass is 9.91. The van der Waals surface area contributed by atoms with Gasteiger partial charge in [-0.25, -0.2) is 9.78 Å². The number of carbonyl (C=O) groups excluding carboxylic acids is 1. The summed E-state index contributed by atoms with van der Waals surface area (Å²) in [7, 11) is 0. The maximum atomic E-state index is 12.7. The molecule has 0 radical (unpaired) electrons. The van der Waals surface area contributed by atoms with E-state index in [0.717, 1.165) is 29.8 Å². The van der Waals surface area contributed by atoms with Crippen LogP contribution in [-0.4, -0.2) is 28.6 Å². The van der Waals surface area contributed by atoms with Crippen molar-refractivity contribution in [3.63, 3.8) is 0 Å².